The molecule has 0 saturated carbocycles. The normalized spacial score (nSPS) is 10.5. The zero-order valence-corrected chi connectivity index (χ0v) is 17.0. The molecule has 11 heteroatoms. The number of carbonyl (C=O) groups excluding carboxylic acids is 2. The van der Waals surface area contributed by atoms with Gasteiger partial charge in [0.2, 0.25) is 12.2 Å². The lowest BCUT2D eigenvalue weighted by Gasteiger charge is -2.23. The molecule has 0 atom stereocenters. The average molecular weight is 458 g/mol. The van der Waals surface area contributed by atoms with Crippen molar-refractivity contribution in [3.63, 3.8) is 0 Å². The van der Waals surface area contributed by atoms with E-state index in [1.807, 2.05) is 0 Å². The summed E-state index contributed by atoms with van der Waals surface area (Å²) in [5.74, 6) is -2.01. The first-order valence-corrected chi connectivity index (χ1v) is 9.52. The zero-order chi connectivity index (χ0) is 20.1. The molecule has 1 amide bonds. The molecule has 0 aliphatic carbocycles. The Hall–Kier alpha value is -2.26. The van der Waals surface area contributed by atoms with Gasteiger partial charge in [0.1, 0.15) is 12.7 Å². The molecule has 3 aromatic rings. The van der Waals surface area contributed by atoms with Gasteiger partial charge in [0.15, 0.2) is 0 Å². The molecular formula is C17H11Cl3N4O3S. The molecule has 0 radical (unpaired) electrons. The lowest BCUT2D eigenvalue weighted by molar-refractivity contribution is -0.146. The van der Waals surface area contributed by atoms with Crippen molar-refractivity contribution in [2.45, 2.75) is 6.54 Å². The Morgan fingerprint density at radius 3 is 2.43 bits per heavy atom. The van der Waals surface area contributed by atoms with Gasteiger partial charge in [-0.15, -0.1) is 5.10 Å². The largest absolute Gasteiger partial charge is 0.411 e. The fourth-order valence-corrected chi connectivity index (χ4v) is 3.22. The second-order valence-electron chi connectivity index (χ2n) is 5.36. The molecule has 28 heavy (non-hydrogen) atoms. The fraction of sp³-hybridized carbons (Fsp3) is 0.0588. The van der Waals surface area contributed by atoms with Crippen LogP contribution >= 0.6 is 47.0 Å². The molecule has 0 saturated heterocycles. The Kier molecular flexibility index (Phi) is 6.79. The number of hydrogen-bond donors (Lipinski definition) is 0. The highest BCUT2D eigenvalue weighted by Gasteiger charge is 2.27. The van der Waals surface area contributed by atoms with Crippen LogP contribution in [0.25, 0.3) is 0 Å². The van der Waals surface area contributed by atoms with Gasteiger partial charge in [0.25, 0.3) is 0 Å². The number of carbonyl (C=O) groups is 2. The average Bonchev–Trinajstić information content (AvgIpc) is 3.19. The standard InChI is InChI=1S/C17H11Cl3N4O3S/c18-12-3-1-11(2-4-12)8-23(15-6-5-13(19)7-14(15)20)16(25)17(26)27-28-24-10-21-9-22-24/h1-7,9-10H,8H2. The van der Waals surface area contributed by atoms with E-state index in [0.29, 0.717) is 28.0 Å². The summed E-state index contributed by atoms with van der Waals surface area (Å²) in [5.41, 5.74) is 1.05. The van der Waals surface area contributed by atoms with Crippen molar-refractivity contribution in [1.82, 2.24) is 14.2 Å². The van der Waals surface area contributed by atoms with Crippen LogP contribution in [-0.2, 0) is 20.3 Å². The van der Waals surface area contributed by atoms with Crippen LogP contribution in [0, 0.1) is 0 Å². The summed E-state index contributed by atoms with van der Waals surface area (Å²) >= 11 is 18.6. The number of rotatable bonds is 5. The fourth-order valence-electron chi connectivity index (χ4n) is 2.19. The van der Waals surface area contributed by atoms with E-state index < -0.39 is 11.9 Å². The second kappa shape index (κ2) is 9.29. The van der Waals surface area contributed by atoms with Gasteiger partial charge in [0.05, 0.1) is 17.3 Å². The highest BCUT2D eigenvalue weighted by atomic mass is 35.5. The molecule has 3 rings (SSSR count). The third-order valence-electron chi connectivity index (χ3n) is 3.46. The first kappa shape index (κ1) is 20.5. The molecule has 7 nitrogen and oxygen atoms in total. The van der Waals surface area contributed by atoms with E-state index in [2.05, 4.69) is 10.1 Å². The number of aromatic nitrogens is 3. The van der Waals surface area contributed by atoms with Crippen LogP contribution in [-0.4, -0.2) is 26.0 Å². The maximum atomic E-state index is 12.8. The van der Waals surface area contributed by atoms with Crippen molar-refractivity contribution in [2.75, 3.05) is 4.90 Å². The van der Waals surface area contributed by atoms with Crippen LogP contribution in [0.4, 0.5) is 5.69 Å². The first-order valence-electron chi connectivity index (χ1n) is 7.69. The van der Waals surface area contributed by atoms with Crippen molar-refractivity contribution in [1.29, 1.82) is 0 Å². The van der Waals surface area contributed by atoms with Gasteiger partial charge in [-0.2, -0.15) is 4.09 Å². The molecule has 0 aliphatic rings. The Balaban J connectivity index is 1.84. The van der Waals surface area contributed by atoms with Crippen molar-refractivity contribution in [3.05, 3.63) is 75.8 Å². The number of hydrogen-bond acceptors (Lipinski definition) is 6. The van der Waals surface area contributed by atoms with Crippen molar-refractivity contribution in [3.8, 4) is 0 Å². The van der Waals surface area contributed by atoms with E-state index in [-0.39, 0.29) is 11.6 Å². The Labute approximate surface area is 179 Å². The van der Waals surface area contributed by atoms with Crippen LogP contribution in [0.3, 0.4) is 0 Å². The maximum Gasteiger partial charge on any atom is 0.411 e. The van der Waals surface area contributed by atoms with E-state index in [0.717, 1.165) is 5.56 Å². The predicted octanol–water partition coefficient (Wildman–Crippen LogP) is 4.43. The number of anilines is 1. The molecule has 1 heterocycles. The summed E-state index contributed by atoms with van der Waals surface area (Å²) < 4.78 is 6.11. The van der Waals surface area contributed by atoms with Gasteiger partial charge in [-0.25, -0.2) is 9.78 Å². The lowest BCUT2D eigenvalue weighted by Crippen LogP contribution is -2.37. The van der Waals surface area contributed by atoms with Crippen LogP contribution in [0.5, 0.6) is 0 Å². The molecule has 2 aromatic carbocycles. The van der Waals surface area contributed by atoms with Crippen molar-refractivity contribution < 1.29 is 13.8 Å². The Morgan fingerprint density at radius 2 is 1.79 bits per heavy atom. The first-order chi connectivity index (χ1) is 13.4. The maximum absolute atomic E-state index is 12.8. The number of benzene rings is 2. The quantitative estimate of drug-likeness (QED) is 0.417. The number of halogens is 3. The smallest absolute Gasteiger partial charge is 0.360 e. The van der Waals surface area contributed by atoms with Crippen LogP contribution in [0.2, 0.25) is 15.1 Å². The third kappa shape index (κ3) is 5.17. The van der Waals surface area contributed by atoms with E-state index >= 15 is 0 Å². The molecule has 0 aliphatic heterocycles. The van der Waals surface area contributed by atoms with Crippen molar-refractivity contribution >= 4 is 64.6 Å². The summed E-state index contributed by atoms with van der Waals surface area (Å²) in [6, 6.07) is 11.4. The summed E-state index contributed by atoms with van der Waals surface area (Å²) in [5, 5.41) is 4.93. The SMILES string of the molecule is O=C(OSn1cncn1)C(=O)N(Cc1ccc(Cl)cc1)c1ccc(Cl)cc1Cl. The zero-order valence-electron chi connectivity index (χ0n) is 14.0. The molecule has 1 aromatic heterocycles. The molecular weight excluding hydrogens is 447 g/mol. The third-order valence-corrected chi connectivity index (χ3v) is 4.82. The number of nitrogens with zero attached hydrogens (tertiary/aromatic N) is 4. The number of amides is 1. The van der Waals surface area contributed by atoms with E-state index in [1.54, 1.807) is 36.4 Å². The van der Waals surface area contributed by atoms with Gasteiger partial charge in [0, 0.05) is 10.0 Å². The summed E-state index contributed by atoms with van der Waals surface area (Å²) in [4.78, 5) is 30.0. The van der Waals surface area contributed by atoms with Crippen molar-refractivity contribution in [2.24, 2.45) is 0 Å². The molecule has 0 bridgehead atoms. The minimum Gasteiger partial charge on any atom is -0.360 e. The minimum atomic E-state index is -1.10. The van der Waals surface area contributed by atoms with Gasteiger partial charge < -0.3 is 4.18 Å². The lowest BCUT2D eigenvalue weighted by atomic mass is 10.2. The highest BCUT2D eigenvalue weighted by molar-refractivity contribution is 7.93. The summed E-state index contributed by atoms with van der Waals surface area (Å²) in [7, 11) is 0. The topological polar surface area (TPSA) is 77.3 Å². The van der Waals surface area contributed by atoms with Gasteiger partial charge in [-0.1, -0.05) is 46.9 Å². The van der Waals surface area contributed by atoms with E-state index in [4.69, 9.17) is 39.0 Å². The van der Waals surface area contributed by atoms with Crippen LogP contribution in [0.1, 0.15) is 5.56 Å². The predicted molar refractivity (Wildman–Crippen MR) is 108 cm³/mol. The summed E-state index contributed by atoms with van der Waals surface area (Å²) in [6.45, 7) is 0.0699. The van der Waals surface area contributed by atoms with Crippen LogP contribution < -0.4 is 4.90 Å². The molecule has 0 fully saturated rings. The molecule has 0 N–H and O–H groups in total. The Bertz CT molecular complexity index is 984. The van der Waals surface area contributed by atoms with Gasteiger partial charge in [-0.3, -0.25) is 9.69 Å². The molecule has 0 unspecified atom stereocenters. The van der Waals surface area contributed by atoms with Gasteiger partial charge >= 0.3 is 11.9 Å². The minimum absolute atomic E-state index is 0.0699. The van der Waals surface area contributed by atoms with Gasteiger partial charge in [-0.05, 0) is 35.9 Å². The second-order valence-corrected chi connectivity index (χ2v) is 7.33. The molecule has 144 valence electrons. The monoisotopic (exact) mass is 456 g/mol. The molecule has 0 spiro atoms. The van der Waals surface area contributed by atoms with Crippen LogP contribution in [0.15, 0.2) is 55.1 Å². The van der Waals surface area contributed by atoms with E-state index in [9.17, 15) is 9.59 Å². The summed E-state index contributed by atoms with van der Waals surface area (Å²) in [6.07, 6.45) is 2.59. The highest BCUT2D eigenvalue weighted by Crippen LogP contribution is 2.30. The Morgan fingerprint density at radius 1 is 1.07 bits per heavy atom. The van der Waals surface area contributed by atoms with E-state index in [1.165, 1.54) is 27.7 Å².